The third-order valence-electron chi connectivity index (χ3n) is 7.42. The van der Waals surface area contributed by atoms with Crippen molar-refractivity contribution in [3.63, 3.8) is 0 Å². The summed E-state index contributed by atoms with van der Waals surface area (Å²) < 4.78 is 8.55. The monoisotopic (exact) mass is 380 g/mol. The fourth-order valence-electron chi connectivity index (χ4n) is 6.00. The quantitative estimate of drug-likeness (QED) is 0.839. The second-order valence-corrected chi connectivity index (χ2v) is 9.20. The first-order valence-electron chi connectivity index (χ1n) is 11.0. The van der Waals surface area contributed by atoms with Crippen molar-refractivity contribution >= 4 is 0 Å². The summed E-state index contributed by atoms with van der Waals surface area (Å²) in [5.41, 5.74) is 2.81. The van der Waals surface area contributed by atoms with E-state index in [4.69, 9.17) is 9.72 Å². The van der Waals surface area contributed by atoms with E-state index in [1.807, 2.05) is 18.5 Å². The Morgan fingerprint density at radius 1 is 1.18 bits per heavy atom. The predicted molar refractivity (Wildman–Crippen MR) is 109 cm³/mol. The Morgan fingerprint density at radius 3 is 2.89 bits per heavy atom. The zero-order valence-electron chi connectivity index (χ0n) is 16.9. The number of hydrogen-bond acceptors (Lipinski definition) is 4. The first-order valence-corrected chi connectivity index (χ1v) is 11.0. The van der Waals surface area contributed by atoms with Gasteiger partial charge in [0.2, 0.25) is 0 Å². The average molecular weight is 381 g/mol. The van der Waals surface area contributed by atoms with Gasteiger partial charge in [0.25, 0.3) is 0 Å². The Labute approximate surface area is 167 Å². The van der Waals surface area contributed by atoms with Crippen LogP contribution < -0.4 is 5.32 Å². The SMILES string of the molecule is CC1CC(NCC[C@@]2(c3ccccn3)CCOC3(CCCC3)C2)c2ccnn21. The number of aromatic nitrogens is 3. The van der Waals surface area contributed by atoms with Crippen molar-refractivity contribution in [1.29, 1.82) is 0 Å². The lowest BCUT2D eigenvalue weighted by atomic mass is 9.68. The summed E-state index contributed by atoms with van der Waals surface area (Å²) in [7, 11) is 0. The maximum absolute atomic E-state index is 6.37. The molecule has 1 N–H and O–H groups in total. The molecule has 2 fully saturated rings. The van der Waals surface area contributed by atoms with E-state index in [0.717, 1.165) is 38.8 Å². The second kappa shape index (κ2) is 7.27. The van der Waals surface area contributed by atoms with Crippen molar-refractivity contribution in [3.8, 4) is 0 Å². The summed E-state index contributed by atoms with van der Waals surface area (Å²) in [5, 5.41) is 8.33. The molecule has 28 heavy (non-hydrogen) atoms. The van der Waals surface area contributed by atoms with Crippen LogP contribution in [-0.2, 0) is 10.2 Å². The minimum absolute atomic E-state index is 0.0935. The highest BCUT2D eigenvalue weighted by atomic mass is 16.5. The van der Waals surface area contributed by atoms with Gasteiger partial charge in [-0.25, -0.2) is 0 Å². The van der Waals surface area contributed by atoms with Gasteiger partial charge in [-0.05, 0) is 70.2 Å². The molecule has 5 nitrogen and oxygen atoms in total. The van der Waals surface area contributed by atoms with Crippen LogP contribution >= 0.6 is 0 Å². The standard InChI is InChI=1S/C23H32N4O/c1-18-16-19(20-7-13-26-27(18)20)24-14-10-22(21-6-2-5-12-25-21)11-15-28-23(17-22)8-3-4-9-23/h2,5-7,12-13,18-19,24H,3-4,8-11,14-17H2,1H3/t18?,19?,22-/m1/s1. The van der Waals surface area contributed by atoms with Crippen molar-refractivity contribution in [2.24, 2.45) is 0 Å². The Balaban J connectivity index is 1.33. The molecule has 2 aromatic rings. The van der Waals surface area contributed by atoms with Gasteiger partial charge in [-0.3, -0.25) is 9.67 Å². The number of nitrogens with zero attached hydrogens (tertiary/aromatic N) is 3. The van der Waals surface area contributed by atoms with Gasteiger partial charge in [-0.2, -0.15) is 5.10 Å². The van der Waals surface area contributed by atoms with E-state index in [1.54, 1.807) is 0 Å². The van der Waals surface area contributed by atoms with E-state index in [0.29, 0.717) is 12.1 Å². The molecule has 2 aromatic heterocycles. The van der Waals surface area contributed by atoms with Gasteiger partial charge in [-0.15, -0.1) is 0 Å². The molecule has 0 amide bonds. The van der Waals surface area contributed by atoms with E-state index in [9.17, 15) is 0 Å². The molecule has 1 saturated heterocycles. The smallest absolute Gasteiger partial charge is 0.0691 e. The average Bonchev–Trinajstić information content (AvgIpc) is 3.43. The number of pyridine rings is 1. The molecule has 150 valence electrons. The number of rotatable bonds is 5. The molecule has 0 aromatic carbocycles. The topological polar surface area (TPSA) is 52.0 Å². The minimum Gasteiger partial charge on any atom is -0.375 e. The van der Waals surface area contributed by atoms with Gasteiger partial charge < -0.3 is 10.1 Å². The molecule has 1 spiro atoms. The van der Waals surface area contributed by atoms with Gasteiger partial charge in [0.15, 0.2) is 0 Å². The highest BCUT2D eigenvalue weighted by molar-refractivity contribution is 5.21. The molecule has 5 heteroatoms. The fourth-order valence-corrected chi connectivity index (χ4v) is 6.00. The molecule has 3 atom stereocenters. The summed E-state index contributed by atoms with van der Waals surface area (Å²) in [4.78, 5) is 4.82. The molecular weight excluding hydrogens is 348 g/mol. The maximum Gasteiger partial charge on any atom is 0.0691 e. The molecule has 1 aliphatic carbocycles. The molecule has 0 bridgehead atoms. The van der Waals surface area contributed by atoms with Crippen molar-refractivity contribution in [3.05, 3.63) is 48.0 Å². The lowest BCUT2D eigenvalue weighted by Crippen LogP contribution is -2.47. The Morgan fingerprint density at radius 2 is 2.07 bits per heavy atom. The molecule has 3 aliphatic rings. The van der Waals surface area contributed by atoms with Crippen LogP contribution in [-0.4, -0.2) is 33.5 Å². The number of fused-ring (bicyclic) bond motifs is 1. The minimum atomic E-state index is 0.0935. The zero-order valence-corrected chi connectivity index (χ0v) is 16.9. The Kier molecular flexibility index (Phi) is 4.76. The molecule has 5 rings (SSSR count). The summed E-state index contributed by atoms with van der Waals surface area (Å²) in [6, 6.07) is 9.47. The van der Waals surface area contributed by atoms with Crippen molar-refractivity contribution in [2.45, 2.75) is 81.4 Å². The fraction of sp³-hybridized carbons (Fsp3) is 0.652. The molecule has 1 saturated carbocycles. The Bertz CT molecular complexity index is 798. The lowest BCUT2D eigenvalue weighted by molar-refractivity contribution is -0.104. The van der Waals surface area contributed by atoms with Crippen LogP contribution in [0.4, 0.5) is 0 Å². The summed E-state index contributed by atoms with van der Waals surface area (Å²) >= 11 is 0. The van der Waals surface area contributed by atoms with Gasteiger partial charge in [0, 0.05) is 30.1 Å². The van der Waals surface area contributed by atoms with Crippen LogP contribution in [0.3, 0.4) is 0 Å². The van der Waals surface area contributed by atoms with E-state index in [1.165, 1.54) is 37.1 Å². The third-order valence-corrected chi connectivity index (χ3v) is 7.42. The third kappa shape index (κ3) is 3.18. The van der Waals surface area contributed by atoms with Crippen LogP contribution in [0, 0.1) is 0 Å². The van der Waals surface area contributed by atoms with Gasteiger partial charge in [0.1, 0.15) is 0 Å². The molecule has 4 heterocycles. The van der Waals surface area contributed by atoms with Crippen LogP contribution in [0.5, 0.6) is 0 Å². The van der Waals surface area contributed by atoms with E-state index < -0.39 is 0 Å². The summed E-state index contributed by atoms with van der Waals surface area (Å²) in [6.07, 6.45) is 13.4. The second-order valence-electron chi connectivity index (χ2n) is 9.20. The molecule has 0 radical (unpaired) electrons. The van der Waals surface area contributed by atoms with Crippen LogP contribution in [0.15, 0.2) is 36.7 Å². The summed E-state index contributed by atoms with van der Waals surface area (Å²) in [5.74, 6) is 0. The van der Waals surface area contributed by atoms with Crippen LogP contribution in [0.25, 0.3) is 0 Å². The molecular formula is C23H32N4O. The van der Waals surface area contributed by atoms with Gasteiger partial charge in [0.05, 0.1) is 23.4 Å². The van der Waals surface area contributed by atoms with Crippen molar-refractivity contribution in [2.75, 3.05) is 13.2 Å². The maximum atomic E-state index is 6.37. The van der Waals surface area contributed by atoms with E-state index in [-0.39, 0.29) is 11.0 Å². The lowest BCUT2D eigenvalue weighted by Gasteiger charge is -2.46. The van der Waals surface area contributed by atoms with E-state index >= 15 is 0 Å². The largest absolute Gasteiger partial charge is 0.375 e. The first-order chi connectivity index (χ1) is 13.7. The van der Waals surface area contributed by atoms with Crippen molar-refractivity contribution < 1.29 is 4.74 Å². The molecule has 2 aliphatic heterocycles. The summed E-state index contributed by atoms with van der Waals surface area (Å²) in [6.45, 7) is 4.13. The Hall–Kier alpha value is -1.72. The number of nitrogens with one attached hydrogen (secondary N) is 1. The number of hydrogen-bond donors (Lipinski definition) is 1. The van der Waals surface area contributed by atoms with Gasteiger partial charge >= 0.3 is 0 Å². The predicted octanol–water partition coefficient (Wildman–Crippen LogP) is 4.32. The van der Waals surface area contributed by atoms with Gasteiger partial charge in [-0.1, -0.05) is 18.9 Å². The first kappa shape index (κ1) is 18.3. The van der Waals surface area contributed by atoms with E-state index in [2.05, 4.69) is 40.2 Å². The van der Waals surface area contributed by atoms with Crippen molar-refractivity contribution in [1.82, 2.24) is 20.1 Å². The number of ether oxygens (including phenoxy) is 1. The van der Waals surface area contributed by atoms with Crippen LogP contribution in [0.1, 0.15) is 81.8 Å². The highest BCUT2D eigenvalue weighted by Gasteiger charge is 2.48. The molecule has 2 unspecified atom stereocenters. The highest BCUT2D eigenvalue weighted by Crippen LogP contribution is 2.49. The zero-order chi connectivity index (χ0) is 19.0. The van der Waals surface area contributed by atoms with Crippen LogP contribution in [0.2, 0.25) is 0 Å². The normalized spacial score (nSPS) is 31.3.